The second-order valence-corrected chi connectivity index (χ2v) is 7.52. The molecule has 0 atom stereocenters. The van der Waals surface area contributed by atoms with E-state index in [1.165, 1.54) is 0 Å². The number of hydrogen-bond donors (Lipinski definition) is 0. The van der Waals surface area contributed by atoms with E-state index in [1.807, 2.05) is 54.8 Å². The molecule has 2 aromatic carbocycles. The van der Waals surface area contributed by atoms with Crippen LogP contribution >= 0.6 is 23.2 Å². The second-order valence-electron chi connectivity index (χ2n) is 6.70. The number of ether oxygens (including phenoxy) is 1. The zero-order chi connectivity index (χ0) is 22.0. The first-order valence-electron chi connectivity index (χ1n) is 9.78. The molecule has 0 aliphatic rings. The summed E-state index contributed by atoms with van der Waals surface area (Å²) in [5.41, 5.74) is 3.09. The summed E-state index contributed by atoms with van der Waals surface area (Å²) in [5, 5.41) is 1.73. The highest BCUT2D eigenvalue weighted by atomic mass is 35.5. The molecule has 2 aromatic heterocycles. The zero-order valence-electron chi connectivity index (χ0n) is 17.1. The molecule has 0 saturated heterocycles. The van der Waals surface area contributed by atoms with Gasteiger partial charge < -0.3 is 4.74 Å². The van der Waals surface area contributed by atoms with Gasteiger partial charge in [-0.3, -0.25) is 4.57 Å². The Kier molecular flexibility index (Phi) is 6.07. The van der Waals surface area contributed by atoms with Gasteiger partial charge in [-0.2, -0.15) is 0 Å². The minimum Gasteiger partial charge on any atom is -0.494 e. The maximum Gasteiger partial charge on any atom is 0.162 e. The molecule has 0 aliphatic heterocycles. The lowest BCUT2D eigenvalue weighted by atomic mass is 10.1. The molecule has 0 amide bonds. The van der Waals surface area contributed by atoms with Crippen molar-refractivity contribution < 1.29 is 4.74 Å². The van der Waals surface area contributed by atoms with Crippen molar-refractivity contribution in [2.24, 2.45) is 0 Å². The van der Waals surface area contributed by atoms with Crippen molar-refractivity contribution in [3.63, 3.8) is 0 Å². The molecule has 0 N–H and O–H groups in total. The summed E-state index contributed by atoms with van der Waals surface area (Å²) in [7, 11) is 0. The van der Waals surface area contributed by atoms with Crippen LogP contribution in [0, 0.1) is 0 Å². The van der Waals surface area contributed by atoms with Crippen LogP contribution in [0.2, 0.25) is 10.0 Å². The average Bonchev–Trinajstić information content (AvgIpc) is 3.16. The molecule has 31 heavy (non-hydrogen) atoms. The molecule has 0 unspecified atom stereocenters. The van der Waals surface area contributed by atoms with Crippen LogP contribution in [-0.4, -0.2) is 26.1 Å². The normalized spacial score (nSPS) is 12.2. The lowest BCUT2D eigenvalue weighted by molar-refractivity contribution is 0.340. The molecule has 0 bridgehead atoms. The first kappa shape index (κ1) is 21.1. The summed E-state index contributed by atoms with van der Waals surface area (Å²) in [4.78, 5) is 14.1. The quantitative estimate of drug-likeness (QED) is 0.302. The highest BCUT2D eigenvalue weighted by Crippen LogP contribution is 2.32. The molecule has 0 fully saturated rings. The van der Waals surface area contributed by atoms with Gasteiger partial charge in [-0.15, -0.1) is 0 Å². The molecule has 0 saturated carbocycles. The SMILES string of the molecule is C=C/C(=C\C=C/C)c1nc(-n2cnc3cc(Cl)c(Cl)cc32)c2cc(OCC)ccc2n1. The molecule has 0 radical (unpaired) electrons. The smallest absolute Gasteiger partial charge is 0.162 e. The standard InChI is InChI=1S/C24H20Cl2N4O/c1-4-7-8-15(5-2)23-28-20-10-9-16(31-6-3)11-17(20)24(29-23)30-14-27-21-12-18(25)19(26)13-22(21)30/h4-5,7-14H,2,6H2,1,3H3/b7-4-,15-8+. The maximum absolute atomic E-state index is 6.29. The molecule has 0 aliphatic carbocycles. The number of imidazole rings is 1. The van der Waals surface area contributed by atoms with Crippen molar-refractivity contribution in [3.8, 4) is 11.6 Å². The first-order chi connectivity index (χ1) is 15.0. The van der Waals surface area contributed by atoms with Gasteiger partial charge in [0.25, 0.3) is 0 Å². The van der Waals surface area contributed by atoms with Crippen LogP contribution in [0.1, 0.15) is 19.7 Å². The van der Waals surface area contributed by atoms with Gasteiger partial charge in [-0.25, -0.2) is 15.0 Å². The van der Waals surface area contributed by atoms with Crippen LogP contribution in [-0.2, 0) is 0 Å². The molecule has 4 aromatic rings. The van der Waals surface area contributed by atoms with Gasteiger partial charge in [0, 0.05) is 11.0 Å². The van der Waals surface area contributed by atoms with Crippen LogP contribution in [0.3, 0.4) is 0 Å². The molecule has 7 heteroatoms. The Morgan fingerprint density at radius 3 is 2.68 bits per heavy atom. The summed E-state index contributed by atoms with van der Waals surface area (Å²) in [6, 6.07) is 9.29. The summed E-state index contributed by atoms with van der Waals surface area (Å²) in [5.74, 6) is 1.96. The fraction of sp³-hybridized carbons (Fsp3) is 0.125. The highest BCUT2D eigenvalue weighted by molar-refractivity contribution is 6.42. The van der Waals surface area contributed by atoms with Crippen LogP contribution in [0.25, 0.3) is 33.3 Å². The number of halogens is 2. The number of rotatable bonds is 6. The molecular formula is C24H20Cl2N4O. The minimum absolute atomic E-state index is 0.448. The van der Waals surface area contributed by atoms with E-state index in [2.05, 4.69) is 11.6 Å². The van der Waals surface area contributed by atoms with E-state index in [0.29, 0.717) is 28.3 Å². The predicted molar refractivity (Wildman–Crippen MR) is 128 cm³/mol. The van der Waals surface area contributed by atoms with E-state index in [-0.39, 0.29) is 0 Å². The Hall–Kier alpha value is -3.15. The van der Waals surface area contributed by atoms with Crippen molar-refractivity contribution in [3.05, 3.63) is 83.4 Å². The third-order valence-electron chi connectivity index (χ3n) is 4.72. The van der Waals surface area contributed by atoms with Gasteiger partial charge in [0.15, 0.2) is 11.6 Å². The largest absolute Gasteiger partial charge is 0.494 e. The third kappa shape index (κ3) is 4.07. The number of aromatic nitrogens is 4. The van der Waals surface area contributed by atoms with Crippen LogP contribution in [0.5, 0.6) is 5.75 Å². The van der Waals surface area contributed by atoms with Gasteiger partial charge in [0.1, 0.15) is 12.1 Å². The summed E-state index contributed by atoms with van der Waals surface area (Å²) in [6.07, 6.45) is 9.24. The van der Waals surface area contributed by atoms with E-state index < -0.39 is 0 Å². The van der Waals surface area contributed by atoms with E-state index >= 15 is 0 Å². The fourth-order valence-electron chi connectivity index (χ4n) is 3.27. The van der Waals surface area contributed by atoms with E-state index in [1.54, 1.807) is 24.5 Å². The Labute approximate surface area is 190 Å². The summed E-state index contributed by atoms with van der Waals surface area (Å²) >= 11 is 12.5. The Morgan fingerprint density at radius 1 is 1.13 bits per heavy atom. The van der Waals surface area contributed by atoms with Crippen molar-refractivity contribution in [2.75, 3.05) is 6.61 Å². The minimum atomic E-state index is 0.448. The van der Waals surface area contributed by atoms with Crippen LogP contribution in [0.15, 0.2) is 67.5 Å². The highest BCUT2D eigenvalue weighted by Gasteiger charge is 2.16. The lowest BCUT2D eigenvalue weighted by Gasteiger charge is -2.12. The van der Waals surface area contributed by atoms with Crippen molar-refractivity contribution in [1.29, 1.82) is 0 Å². The molecule has 156 valence electrons. The second kappa shape index (κ2) is 8.92. The van der Waals surface area contributed by atoms with Crippen molar-refractivity contribution in [1.82, 2.24) is 19.5 Å². The monoisotopic (exact) mass is 450 g/mol. The predicted octanol–water partition coefficient (Wildman–Crippen LogP) is 6.82. The lowest BCUT2D eigenvalue weighted by Crippen LogP contribution is -2.04. The molecular weight excluding hydrogens is 431 g/mol. The van der Waals surface area contributed by atoms with Crippen molar-refractivity contribution >= 4 is 50.7 Å². The summed E-state index contributed by atoms with van der Waals surface area (Å²) < 4.78 is 7.59. The van der Waals surface area contributed by atoms with E-state index in [0.717, 1.165) is 33.3 Å². The van der Waals surface area contributed by atoms with Gasteiger partial charge in [-0.1, -0.05) is 54.1 Å². The Morgan fingerprint density at radius 2 is 1.94 bits per heavy atom. The molecule has 0 spiro atoms. The number of benzene rings is 2. The fourth-order valence-corrected chi connectivity index (χ4v) is 3.58. The number of nitrogens with zero attached hydrogens (tertiary/aromatic N) is 4. The van der Waals surface area contributed by atoms with Crippen molar-refractivity contribution in [2.45, 2.75) is 13.8 Å². The molecule has 2 heterocycles. The average molecular weight is 451 g/mol. The van der Waals surface area contributed by atoms with E-state index in [9.17, 15) is 0 Å². The topological polar surface area (TPSA) is 52.8 Å². The number of fused-ring (bicyclic) bond motifs is 2. The van der Waals surface area contributed by atoms with Gasteiger partial charge in [-0.05, 0) is 44.2 Å². The molecule has 4 rings (SSSR count). The van der Waals surface area contributed by atoms with Gasteiger partial charge in [0.2, 0.25) is 0 Å². The van der Waals surface area contributed by atoms with Gasteiger partial charge in [0.05, 0.1) is 33.2 Å². The van der Waals surface area contributed by atoms with Crippen LogP contribution < -0.4 is 4.74 Å². The number of hydrogen-bond acceptors (Lipinski definition) is 4. The third-order valence-corrected chi connectivity index (χ3v) is 5.44. The zero-order valence-corrected chi connectivity index (χ0v) is 18.7. The van der Waals surface area contributed by atoms with E-state index in [4.69, 9.17) is 37.9 Å². The summed E-state index contributed by atoms with van der Waals surface area (Å²) in [6.45, 7) is 8.38. The van der Waals surface area contributed by atoms with Gasteiger partial charge >= 0.3 is 0 Å². The van der Waals surface area contributed by atoms with Crippen LogP contribution in [0.4, 0.5) is 0 Å². The first-order valence-corrected chi connectivity index (χ1v) is 10.5. The number of allylic oxidation sites excluding steroid dienone is 5. The Balaban J connectivity index is 2.04. The Bertz CT molecular complexity index is 1350. The maximum atomic E-state index is 6.29. The molecule has 5 nitrogen and oxygen atoms in total.